The van der Waals surface area contributed by atoms with Crippen LogP contribution < -0.4 is 4.74 Å². The van der Waals surface area contributed by atoms with Crippen molar-refractivity contribution in [2.75, 3.05) is 7.11 Å². The van der Waals surface area contributed by atoms with Crippen LogP contribution in [0.25, 0.3) is 0 Å². The summed E-state index contributed by atoms with van der Waals surface area (Å²) in [7, 11) is 1.45. The van der Waals surface area contributed by atoms with Gasteiger partial charge in [0.2, 0.25) is 0 Å². The molecule has 0 heterocycles. The first-order chi connectivity index (χ1) is 7.60. The number of rotatable bonds is 4. The summed E-state index contributed by atoms with van der Waals surface area (Å²) in [4.78, 5) is 0. The minimum Gasteiger partial charge on any atom is -0.504 e. The number of aliphatic hydroxyl groups excluding tert-OH is 1. The minimum absolute atomic E-state index is 0.0337. The fourth-order valence-corrected chi connectivity index (χ4v) is 1.46. The van der Waals surface area contributed by atoms with E-state index in [2.05, 4.69) is 0 Å². The van der Waals surface area contributed by atoms with Crippen molar-refractivity contribution in [1.29, 1.82) is 5.26 Å². The van der Waals surface area contributed by atoms with E-state index in [1.807, 2.05) is 6.07 Å². The van der Waals surface area contributed by atoms with E-state index < -0.39 is 6.10 Å². The molecule has 2 N–H and O–H groups in total. The van der Waals surface area contributed by atoms with Crippen LogP contribution >= 0.6 is 0 Å². The number of hydrogen-bond donors (Lipinski definition) is 2. The topological polar surface area (TPSA) is 73.5 Å². The zero-order chi connectivity index (χ0) is 12.1. The van der Waals surface area contributed by atoms with Gasteiger partial charge in [-0.3, -0.25) is 0 Å². The maximum Gasteiger partial charge on any atom is 0.160 e. The standard InChI is InChI=1S/C12H15NO3/c1-8(5-6-13)12(15)9-3-4-10(14)11(7-9)16-2/h3-4,7-8,12,14-15H,5H2,1-2H3. The van der Waals surface area contributed by atoms with Crippen LogP contribution in [0.1, 0.15) is 25.0 Å². The van der Waals surface area contributed by atoms with Crippen molar-refractivity contribution in [3.63, 3.8) is 0 Å². The van der Waals surface area contributed by atoms with Gasteiger partial charge in [0.25, 0.3) is 0 Å². The Labute approximate surface area is 94.7 Å². The van der Waals surface area contributed by atoms with Crippen molar-refractivity contribution in [3.05, 3.63) is 23.8 Å². The highest BCUT2D eigenvalue weighted by Crippen LogP contribution is 2.32. The lowest BCUT2D eigenvalue weighted by Gasteiger charge is -2.17. The van der Waals surface area contributed by atoms with E-state index >= 15 is 0 Å². The van der Waals surface area contributed by atoms with Gasteiger partial charge >= 0.3 is 0 Å². The molecule has 16 heavy (non-hydrogen) atoms. The van der Waals surface area contributed by atoms with E-state index in [0.29, 0.717) is 11.3 Å². The molecule has 0 aliphatic rings. The Kier molecular flexibility index (Phi) is 4.15. The Morgan fingerprint density at radius 2 is 2.19 bits per heavy atom. The summed E-state index contributed by atoms with van der Waals surface area (Å²) < 4.78 is 4.95. The molecule has 0 saturated carbocycles. The van der Waals surface area contributed by atoms with Crippen LogP contribution in [0, 0.1) is 17.2 Å². The van der Waals surface area contributed by atoms with Gasteiger partial charge < -0.3 is 14.9 Å². The third kappa shape index (κ3) is 2.65. The lowest BCUT2D eigenvalue weighted by atomic mass is 9.95. The number of hydrogen-bond acceptors (Lipinski definition) is 4. The number of nitrogens with zero attached hydrogens (tertiary/aromatic N) is 1. The molecule has 0 aliphatic heterocycles. The Balaban J connectivity index is 2.92. The van der Waals surface area contributed by atoms with Gasteiger partial charge in [-0.2, -0.15) is 5.26 Å². The lowest BCUT2D eigenvalue weighted by Crippen LogP contribution is -2.08. The number of phenols is 1. The Morgan fingerprint density at radius 1 is 1.50 bits per heavy atom. The molecular weight excluding hydrogens is 206 g/mol. The number of methoxy groups -OCH3 is 1. The smallest absolute Gasteiger partial charge is 0.160 e. The van der Waals surface area contributed by atoms with Gasteiger partial charge in [-0.1, -0.05) is 13.0 Å². The SMILES string of the molecule is COc1cc(C(O)C(C)CC#N)ccc1O. The first-order valence-corrected chi connectivity index (χ1v) is 5.02. The number of ether oxygens (including phenoxy) is 1. The number of aromatic hydroxyl groups is 1. The molecule has 0 radical (unpaired) electrons. The summed E-state index contributed by atoms with van der Waals surface area (Å²) in [6.07, 6.45) is -0.446. The highest BCUT2D eigenvalue weighted by molar-refractivity contribution is 5.42. The molecule has 2 atom stereocenters. The molecule has 4 nitrogen and oxygen atoms in total. The average Bonchev–Trinajstić information content (AvgIpc) is 2.29. The number of aliphatic hydroxyl groups is 1. The summed E-state index contributed by atoms with van der Waals surface area (Å²) >= 11 is 0. The predicted octanol–water partition coefficient (Wildman–Crippen LogP) is 1.98. The normalized spacial score (nSPS) is 13.9. The molecule has 0 amide bonds. The van der Waals surface area contributed by atoms with Crippen LogP contribution in [-0.4, -0.2) is 17.3 Å². The molecule has 0 bridgehead atoms. The van der Waals surface area contributed by atoms with Crippen LogP contribution in [0.4, 0.5) is 0 Å². The van der Waals surface area contributed by atoms with Crippen LogP contribution in [0.2, 0.25) is 0 Å². The fourth-order valence-electron chi connectivity index (χ4n) is 1.46. The lowest BCUT2D eigenvalue weighted by molar-refractivity contribution is 0.119. The maximum atomic E-state index is 9.94. The highest BCUT2D eigenvalue weighted by Gasteiger charge is 2.17. The molecule has 0 spiro atoms. The molecule has 4 heteroatoms. The van der Waals surface area contributed by atoms with E-state index in [-0.39, 0.29) is 18.1 Å². The molecule has 0 aliphatic carbocycles. The summed E-state index contributed by atoms with van der Waals surface area (Å²) in [6.45, 7) is 1.80. The van der Waals surface area contributed by atoms with Gasteiger partial charge in [-0.25, -0.2) is 0 Å². The minimum atomic E-state index is -0.728. The molecule has 86 valence electrons. The zero-order valence-electron chi connectivity index (χ0n) is 9.34. The molecule has 0 fully saturated rings. The van der Waals surface area contributed by atoms with Gasteiger partial charge in [-0.15, -0.1) is 0 Å². The molecular formula is C12H15NO3. The fraction of sp³-hybridized carbons (Fsp3) is 0.417. The van der Waals surface area contributed by atoms with Crippen molar-refractivity contribution in [2.24, 2.45) is 5.92 Å². The largest absolute Gasteiger partial charge is 0.504 e. The summed E-state index contributed by atoms with van der Waals surface area (Å²) in [6, 6.07) is 6.68. The summed E-state index contributed by atoms with van der Waals surface area (Å²) in [5.74, 6) is 0.200. The second kappa shape index (κ2) is 5.38. The average molecular weight is 221 g/mol. The van der Waals surface area contributed by atoms with Gasteiger partial charge in [0.05, 0.1) is 19.3 Å². The molecule has 1 aromatic rings. The van der Waals surface area contributed by atoms with Crippen molar-refractivity contribution in [2.45, 2.75) is 19.4 Å². The quantitative estimate of drug-likeness (QED) is 0.815. The number of benzene rings is 1. The van der Waals surface area contributed by atoms with Gasteiger partial charge in [-0.05, 0) is 23.6 Å². The number of phenolic OH excluding ortho intramolecular Hbond substituents is 1. The van der Waals surface area contributed by atoms with E-state index in [0.717, 1.165) is 0 Å². The molecule has 1 aromatic carbocycles. The highest BCUT2D eigenvalue weighted by atomic mass is 16.5. The Morgan fingerprint density at radius 3 is 2.75 bits per heavy atom. The monoisotopic (exact) mass is 221 g/mol. The molecule has 0 saturated heterocycles. The molecule has 0 aromatic heterocycles. The van der Waals surface area contributed by atoms with Crippen molar-refractivity contribution >= 4 is 0 Å². The van der Waals surface area contributed by atoms with E-state index in [4.69, 9.17) is 10.00 Å². The molecule has 1 rings (SSSR count). The Hall–Kier alpha value is -1.73. The summed E-state index contributed by atoms with van der Waals surface area (Å²) in [5.41, 5.74) is 0.636. The second-order valence-electron chi connectivity index (χ2n) is 3.72. The number of nitriles is 1. The van der Waals surface area contributed by atoms with E-state index in [1.165, 1.54) is 13.2 Å². The first kappa shape index (κ1) is 12.3. The third-order valence-electron chi connectivity index (χ3n) is 2.50. The van der Waals surface area contributed by atoms with Crippen LogP contribution in [0.5, 0.6) is 11.5 Å². The van der Waals surface area contributed by atoms with Gasteiger partial charge in [0.15, 0.2) is 11.5 Å². The maximum absolute atomic E-state index is 9.94. The van der Waals surface area contributed by atoms with E-state index in [9.17, 15) is 10.2 Å². The van der Waals surface area contributed by atoms with Gasteiger partial charge in [0.1, 0.15) is 0 Å². The van der Waals surface area contributed by atoms with Crippen LogP contribution in [0.15, 0.2) is 18.2 Å². The van der Waals surface area contributed by atoms with Crippen LogP contribution in [0.3, 0.4) is 0 Å². The van der Waals surface area contributed by atoms with Crippen LogP contribution in [-0.2, 0) is 0 Å². The molecule has 2 unspecified atom stereocenters. The van der Waals surface area contributed by atoms with Crippen molar-refractivity contribution < 1.29 is 14.9 Å². The second-order valence-corrected chi connectivity index (χ2v) is 3.72. The van der Waals surface area contributed by atoms with Crippen molar-refractivity contribution in [1.82, 2.24) is 0 Å². The van der Waals surface area contributed by atoms with Crippen molar-refractivity contribution in [3.8, 4) is 17.6 Å². The zero-order valence-corrected chi connectivity index (χ0v) is 9.34. The van der Waals surface area contributed by atoms with Gasteiger partial charge in [0, 0.05) is 6.42 Å². The third-order valence-corrected chi connectivity index (χ3v) is 2.50. The predicted molar refractivity (Wildman–Crippen MR) is 59.0 cm³/mol. The summed E-state index contributed by atoms with van der Waals surface area (Å²) in [5, 5.41) is 27.9. The Bertz CT molecular complexity index is 398. The van der Waals surface area contributed by atoms with E-state index in [1.54, 1.807) is 19.1 Å². The first-order valence-electron chi connectivity index (χ1n) is 5.02.